The van der Waals surface area contributed by atoms with E-state index in [0.29, 0.717) is 12.2 Å². The molecule has 1 aromatic rings. The fourth-order valence-corrected chi connectivity index (χ4v) is 2.17. The van der Waals surface area contributed by atoms with E-state index in [9.17, 15) is 13.2 Å². The highest BCUT2D eigenvalue weighted by molar-refractivity contribution is 7.90. The second-order valence-corrected chi connectivity index (χ2v) is 5.47. The molecule has 0 unspecified atom stereocenters. The normalized spacial score (nSPS) is 10.9. The van der Waals surface area contributed by atoms with Gasteiger partial charge in [0.05, 0.1) is 4.90 Å². The Morgan fingerprint density at radius 1 is 1.28 bits per heavy atom. The van der Waals surface area contributed by atoms with Crippen LogP contribution in [-0.4, -0.2) is 21.0 Å². The van der Waals surface area contributed by atoms with E-state index in [0.717, 1.165) is 12.8 Å². The molecule has 0 aliphatic carbocycles. The fraction of sp³-hybridized carbons (Fsp3) is 0.364. The molecule has 0 fully saturated rings. The predicted molar refractivity (Wildman–Crippen MR) is 69.5 cm³/mol. The van der Waals surface area contributed by atoms with Crippen LogP contribution in [0, 0.1) is 0 Å². The molecule has 7 heteroatoms. The number of sulfonamides is 1. The van der Waals surface area contributed by atoms with Crippen LogP contribution in [0.15, 0.2) is 29.2 Å². The number of carbonyl (C=O) groups is 1. The van der Waals surface area contributed by atoms with E-state index in [2.05, 4.69) is 5.32 Å². The molecule has 0 saturated carbocycles. The molecular formula is C11H17N3O3S. The first-order chi connectivity index (χ1) is 8.45. The predicted octanol–water partition coefficient (Wildman–Crippen LogP) is 1.06. The largest absolute Gasteiger partial charge is 0.399 e. The monoisotopic (exact) mass is 271 g/mol. The van der Waals surface area contributed by atoms with Crippen LogP contribution in [0.2, 0.25) is 0 Å². The molecule has 1 rings (SSSR count). The second kappa shape index (κ2) is 6.25. The first-order valence-electron chi connectivity index (χ1n) is 5.62. The lowest BCUT2D eigenvalue weighted by Gasteiger charge is -2.08. The molecule has 4 N–H and O–H groups in total. The first-order valence-corrected chi connectivity index (χ1v) is 7.10. The third-order valence-corrected chi connectivity index (χ3v) is 3.58. The molecule has 100 valence electrons. The molecule has 2 amide bonds. The van der Waals surface area contributed by atoms with Crippen LogP contribution in [0.3, 0.4) is 0 Å². The van der Waals surface area contributed by atoms with Crippen LogP contribution in [0.5, 0.6) is 0 Å². The van der Waals surface area contributed by atoms with Crippen molar-refractivity contribution in [1.82, 2.24) is 10.0 Å². The summed E-state index contributed by atoms with van der Waals surface area (Å²) in [5, 5.41) is 2.47. The van der Waals surface area contributed by atoms with Crippen LogP contribution in [0.1, 0.15) is 19.8 Å². The summed E-state index contributed by atoms with van der Waals surface area (Å²) in [6.07, 6.45) is 1.72. The van der Waals surface area contributed by atoms with Crippen molar-refractivity contribution in [3.8, 4) is 0 Å². The molecule has 6 nitrogen and oxygen atoms in total. The average Bonchev–Trinajstić information content (AvgIpc) is 2.29. The Bertz CT molecular complexity index is 497. The number of rotatable bonds is 5. The minimum Gasteiger partial charge on any atom is -0.399 e. The number of hydrogen-bond acceptors (Lipinski definition) is 4. The number of benzene rings is 1. The Balaban J connectivity index is 2.64. The lowest BCUT2D eigenvalue weighted by atomic mass is 10.3. The molecule has 0 aliphatic heterocycles. The van der Waals surface area contributed by atoms with Gasteiger partial charge in [-0.2, -0.15) is 0 Å². The van der Waals surface area contributed by atoms with E-state index in [1.807, 2.05) is 11.6 Å². The van der Waals surface area contributed by atoms with Crippen LogP contribution >= 0.6 is 0 Å². The molecule has 0 saturated heterocycles. The fourth-order valence-electron chi connectivity index (χ4n) is 1.24. The van der Waals surface area contributed by atoms with Gasteiger partial charge < -0.3 is 11.1 Å². The molecule has 0 spiro atoms. The van der Waals surface area contributed by atoms with Gasteiger partial charge in [-0.3, -0.25) is 0 Å². The van der Waals surface area contributed by atoms with Gasteiger partial charge in [-0.1, -0.05) is 13.3 Å². The minimum absolute atomic E-state index is 0.00217. The van der Waals surface area contributed by atoms with Crippen LogP contribution in [-0.2, 0) is 10.0 Å². The first kappa shape index (κ1) is 14.3. The standard InChI is InChI=1S/C11H17N3O3S/c1-2-3-8-13-11(15)14-18(16,17)10-6-4-9(12)5-7-10/h4-7H,2-3,8,12H2,1H3,(H2,13,14,15). The molecule has 18 heavy (non-hydrogen) atoms. The van der Waals surface area contributed by atoms with Crippen molar-refractivity contribution in [3.63, 3.8) is 0 Å². The maximum absolute atomic E-state index is 11.8. The van der Waals surface area contributed by atoms with E-state index in [1.165, 1.54) is 24.3 Å². The van der Waals surface area contributed by atoms with E-state index >= 15 is 0 Å². The summed E-state index contributed by atoms with van der Waals surface area (Å²) in [7, 11) is -3.83. The van der Waals surface area contributed by atoms with Gasteiger partial charge in [0.15, 0.2) is 0 Å². The molecule has 0 bridgehead atoms. The lowest BCUT2D eigenvalue weighted by molar-refractivity contribution is 0.245. The van der Waals surface area contributed by atoms with E-state index in [1.54, 1.807) is 0 Å². The maximum atomic E-state index is 11.8. The zero-order valence-electron chi connectivity index (χ0n) is 10.1. The topological polar surface area (TPSA) is 101 Å². The summed E-state index contributed by atoms with van der Waals surface area (Å²) in [6.45, 7) is 2.42. The number of anilines is 1. The Morgan fingerprint density at radius 3 is 2.44 bits per heavy atom. The number of carbonyl (C=O) groups excluding carboxylic acids is 1. The van der Waals surface area contributed by atoms with Crippen molar-refractivity contribution < 1.29 is 13.2 Å². The highest BCUT2D eigenvalue weighted by Gasteiger charge is 2.16. The smallest absolute Gasteiger partial charge is 0.328 e. The van der Waals surface area contributed by atoms with Crippen LogP contribution in [0.25, 0.3) is 0 Å². The van der Waals surface area contributed by atoms with Crippen molar-refractivity contribution in [2.45, 2.75) is 24.7 Å². The van der Waals surface area contributed by atoms with Gasteiger partial charge in [0.1, 0.15) is 0 Å². The molecule has 0 radical (unpaired) electrons. The van der Waals surface area contributed by atoms with Crippen LogP contribution < -0.4 is 15.8 Å². The van der Waals surface area contributed by atoms with Crippen molar-refractivity contribution in [3.05, 3.63) is 24.3 Å². The second-order valence-electron chi connectivity index (χ2n) is 3.78. The number of nitrogen functional groups attached to an aromatic ring is 1. The van der Waals surface area contributed by atoms with Gasteiger partial charge in [0, 0.05) is 12.2 Å². The quantitative estimate of drug-likeness (QED) is 0.550. The molecular weight excluding hydrogens is 254 g/mol. The molecule has 0 aromatic heterocycles. The zero-order valence-corrected chi connectivity index (χ0v) is 11.0. The highest BCUT2D eigenvalue weighted by atomic mass is 32.2. The lowest BCUT2D eigenvalue weighted by Crippen LogP contribution is -2.39. The Hall–Kier alpha value is -1.76. The number of unbranched alkanes of at least 4 members (excludes halogenated alkanes) is 1. The number of amides is 2. The summed E-state index contributed by atoms with van der Waals surface area (Å²) in [5.41, 5.74) is 5.92. The van der Waals surface area contributed by atoms with Gasteiger partial charge in [0.25, 0.3) is 10.0 Å². The number of nitrogens with one attached hydrogen (secondary N) is 2. The van der Waals surface area contributed by atoms with Gasteiger partial charge in [-0.15, -0.1) is 0 Å². The van der Waals surface area contributed by atoms with Gasteiger partial charge >= 0.3 is 6.03 Å². The summed E-state index contributed by atoms with van der Waals surface area (Å²) < 4.78 is 25.5. The summed E-state index contributed by atoms with van der Waals surface area (Å²) in [5.74, 6) is 0. The number of hydrogen-bond donors (Lipinski definition) is 3. The Morgan fingerprint density at radius 2 is 1.89 bits per heavy atom. The highest BCUT2D eigenvalue weighted by Crippen LogP contribution is 2.10. The maximum Gasteiger partial charge on any atom is 0.328 e. The minimum atomic E-state index is -3.83. The average molecular weight is 271 g/mol. The van der Waals surface area contributed by atoms with Gasteiger partial charge in [-0.25, -0.2) is 17.9 Å². The third-order valence-electron chi connectivity index (χ3n) is 2.23. The third kappa shape index (κ3) is 4.25. The molecule has 0 heterocycles. The molecule has 0 aliphatic rings. The van der Waals surface area contributed by atoms with E-state index < -0.39 is 16.1 Å². The van der Waals surface area contributed by atoms with E-state index in [-0.39, 0.29) is 4.90 Å². The summed E-state index contributed by atoms with van der Waals surface area (Å²) in [6, 6.07) is 4.89. The molecule has 1 aromatic carbocycles. The van der Waals surface area contributed by atoms with Crippen molar-refractivity contribution in [1.29, 1.82) is 0 Å². The summed E-state index contributed by atoms with van der Waals surface area (Å²) in [4.78, 5) is 11.3. The number of urea groups is 1. The SMILES string of the molecule is CCCCNC(=O)NS(=O)(=O)c1ccc(N)cc1. The van der Waals surface area contributed by atoms with E-state index in [4.69, 9.17) is 5.73 Å². The number of nitrogens with two attached hydrogens (primary N) is 1. The van der Waals surface area contributed by atoms with Crippen LogP contribution in [0.4, 0.5) is 10.5 Å². The summed E-state index contributed by atoms with van der Waals surface area (Å²) >= 11 is 0. The zero-order chi connectivity index (χ0) is 13.6. The van der Waals surface area contributed by atoms with Crippen molar-refractivity contribution in [2.24, 2.45) is 0 Å². The van der Waals surface area contributed by atoms with Gasteiger partial charge in [-0.05, 0) is 30.7 Å². The Labute approximate surface area is 107 Å². The Kier molecular flexibility index (Phi) is 4.96. The van der Waals surface area contributed by atoms with Gasteiger partial charge in [0.2, 0.25) is 0 Å². The van der Waals surface area contributed by atoms with Crippen molar-refractivity contribution >= 4 is 21.7 Å². The van der Waals surface area contributed by atoms with Crippen molar-refractivity contribution in [2.75, 3.05) is 12.3 Å². The molecule has 0 atom stereocenters.